The molecule has 0 atom stereocenters. The predicted octanol–water partition coefficient (Wildman–Crippen LogP) is 2.85. The summed E-state index contributed by atoms with van der Waals surface area (Å²) in [5.74, 6) is 1.08. The molecule has 0 bridgehead atoms. The van der Waals surface area contributed by atoms with Crippen LogP contribution in [0.5, 0.6) is 0 Å². The van der Waals surface area contributed by atoms with E-state index < -0.39 is 0 Å². The molecule has 3 nitrogen and oxygen atoms in total. The summed E-state index contributed by atoms with van der Waals surface area (Å²) in [4.78, 5) is 8.25. The van der Waals surface area contributed by atoms with E-state index in [-0.39, 0.29) is 0 Å². The minimum Gasteiger partial charge on any atom is -0.359 e. The van der Waals surface area contributed by atoms with E-state index in [0.29, 0.717) is 0 Å². The second-order valence-corrected chi connectivity index (χ2v) is 5.80. The van der Waals surface area contributed by atoms with Crippen LogP contribution in [0.4, 0.5) is 5.82 Å². The van der Waals surface area contributed by atoms with E-state index in [4.69, 9.17) is 0 Å². The molecule has 0 saturated carbocycles. The van der Waals surface area contributed by atoms with E-state index in [1.165, 1.54) is 16.0 Å². The van der Waals surface area contributed by atoms with E-state index in [2.05, 4.69) is 52.8 Å². The van der Waals surface area contributed by atoms with Gasteiger partial charge in [-0.25, -0.2) is 4.98 Å². The van der Waals surface area contributed by atoms with E-state index in [9.17, 15) is 0 Å². The molecule has 0 aliphatic heterocycles. The lowest BCUT2D eigenvalue weighted by atomic mass is 10.2. The van der Waals surface area contributed by atoms with Crippen LogP contribution in [0, 0.1) is 6.92 Å². The Morgan fingerprint density at radius 1 is 1.42 bits per heavy atom. The molecule has 2 rings (SSSR count). The first-order chi connectivity index (χ1) is 9.20. The summed E-state index contributed by atoms with van der Waals surface area (Å²) in [6.45, 7) is 4.00. The smallest absolute Gasteiger partial charge is 0.131 e. The normalized spacial score (nSPS) is 10.7. The Balaban J connectivity index is 2.00. The monoisotopic (exact) mass is 275 g/mol. The molecule has 0 unspecified atom stereocenters. The number of nitrogens with zero attached hydrogens (tertiary/aromatic N) is 2. The molecule has 2 aromatic heterocycles. The molecule has 2 aromatic rings. The van der Waals surface area contributed by atoms with Crippen LogP contribution in [0.3, 0.4) is 0 Å². The molecule has 2 heterocycles. The number of likely N-dealkylation sites (N-methyl/N-ethyl adjacent to an activating group) is 1. The Morgan fingerprint density at radius 3 is 2.89 bits per heavy atom. The summed E-state index contributed by atoms with van der Waals surface area (Å²) < 4.78 is 0. The lowest BCUT2D eigenvalue weighted by Gasteiger charge is -2.20. The highest BCUT2D eigenvalue weighted by Gasteiger charge is 2.07. The van der Waals surface area contributed by atoms with Crippen LogP contribution >= 0.6 is 11.3 Å². The fourth-order valence-electron chi connectivity index (χ4n) is 2.16. The predicted molar refractivity (Wildman–Crippen MR) is 83.0 cm³/mol. The zero-order chi connectivity index (χ0) is 13.7. The number of hydrogen-bond acceptors (Lipinski definition) is 4. The van der Waals surface area contributed by atoms with Crippen LogP contribution < -0.4 is 10.2 Å². The van der Waals surface area contributed by atoms with Gasteiger partial charge in [0, 0.05) is 31.2 Å². The molecular weight excluding hydrogens is 254 g/mol. The number of thiophene rings is 1. The maximum Gasteiger partial charge on any atom is 0.131 e. The summed E-state index contributed by atoms with van der Waals surface area (Å²) in [5.41, 5.74) is 2.47. The van der Waals surface area contributed by atoms with E-state index >= 15 is 0 Å². The summed E-state index contributed by atoms with van der Waals surface area (Å²) in [5, 5.41) is 5.28. The molecule has 0 aromatic carbocycles. The number of pyridine rings is 1. The quantitative estimate of drug-likeness (QED) is 0.878. The molecule has 1 N–H and O–H groups in total. The molecule has 0 amide bonds. The Morgan fingerprint density at radius 2 is 2.26 bits per heavy atom. The van der Waals surface area contributed by atoms with Gasteiger partial charge in [-0.3, -0.25) is 0 Å². The van der Waals surface area contributed by atoms with Gasteiger partial charge in [0.2, 0.25) is 0 Å². The van der Waals surface area contributed by atoms with Gasteiger partial charge in [-0.1, -0.05) is 6.07 Å². The molecule has 19 heavy (non-hydrogen) atoms. The van der Waals surface area contributed by atoms with E-state index in [0.717, 1.165) is 25.3 Å². The highest BCUT2D eigenvalue weighted by molar-refractivity contribution is 7.09. The fourth-order valence-corrected chi connectivity index (χ4v) is 2.86. The van der Waals surface area contributed by atoms with Gasteiger partial charge in [0.1, 0.15) is 5.82 Å². The Bertz CT molecular complexity index is 508. The lowest BCUT2D eigenvalue weighted by molar-refractivity contribution is 0.806. The van der Waals surface area contributed by atoms with Crippen molar-refractivity contribution in [2.75, 3.05) is 25.5 Å². The Hall–Kier alpha value is -1.39. The average Bonchev–Trinajstić information content (AvgIpc) is 2.89. The van der Waals surface area contributed by atoms with Gasteiger partial charge in [-0.15, -0.1) is 11.3 Å². The zero-order valence-corrected chi connectivity index (χ0v) is 12.6. The van der Waals surface area contributed by atoms with Gasteiger partial charge in [0.05, 0.1) is 0 Å². The largest absolute Gasteiger partial charge is 0.359 e. The van der Waals surface area contributed by atoms with Gasteiger partial charge in [0.15, 0.2) is 0 Å². The second-order valence-electron chi connectivity index (χ2n) is 4.77. The molecule has 0 aliphatic rings. The van der Waals surface area contributed by atoms with Crippen molar-refractivity contribution in [3.63, 3.8) is 0 Å². The average molecular weight is 275 g/mol. The third-order valence-corrected chi connectivity index (χ3v) is 4.06. The van der Waals surface area contributed by atoms with Crippen LogP contribution in [0.25, 0.3) is 0 Å². The number of aromatic nitrogens is 1. The van der Waals surface area contributed by atoms with Crippen molar-refractivity contribution < 1.29 is 0 Å². The summed E-state index contributed by atoms with van der Waals surface area (Å²) in [6, 6.07) is 6.51. The van der Waals surface area contributed by atoms with Crippen molar-refractivity contribution >= 4 is 17.2 Å². The molecule has 4 heteroatoms. The third-order valence-electron chi connectivity index (χ3n) is 3.12. The van der Waals surface area contributed by atoms with Crippen molar-refractivity contribution in [2.24, 2.45) is 0 Å². The molecule has 0 aliphatic carbocycles. The Kier molecular flexibility index (Phi) is 4.93. The summed E-state index contributed by atoms with van der Waals surface area (Å²) in [7, 11) is 4.07. The highest BCUT2D eigenvalue weighted by Crippen LogP contribution is 2.18. The first kappa shape index (κ1) is 14.0. The van der Waals surface area contributed by atoms with Crippen molar-refractivity contribution in [3.8, 4) is 0 Å². The van der Waals surface area contributed by atoms with Gasteiger partial charge in [-0.2, -0.15) is 0 Å². The number of nitrogens with one attached hydrogen (secondary N) is 1. The van der Waals surface area contributed by atoms with Crippen LogP contribution in [0.15, 0.2) is 29.8 Å². The SMILES string of the molecule is CNCc1cnc(N(C)CCc2cccs2)c(C)c1. The second kappa shape index (κ2) is 6.68. The first-order valence-electron chi connectivity index (χ1n) is 6.54. The summed E-state index contributed by atoms with van der Waals surface area (Å²) in [6.07, 6.45) is 3.04. The minimum absolute atomic E-state index is 0.868. The molecule has 0 saturated heterocycles. The standard InChI is InChI=1S/C15H21N3S/c1-12-9-13(10-16-2)11-17-15(12)18(3)7-6-14-5-4-8-19-14/h4-5,8-9,11,16H,6-7,10H2,1-3H3. The number of hydrogen-bond donors (Lipinski definition) is 1. The molecule has 102 valence electrons. The van der Waals surface area contributed by atoms with Crippen molar-refractivity contribution in [2.45, 2.75) is 19.9 Å². The highest BCUT2D eigenvalue weighted by atomic mass is 32.1. The fraction of sp³-hybridized carbons (Fsp3) is 0.400. The zero-order valence-electron chi connectivity index (χ0n) is 11.8. The first-order valence-corrected chi connectivity index (χ1v) is 7.42. The van der Waals surface area contributed by atoms with Gasteiger partial charge in [0.25, 0.3) is 0 Å². The van der Waals surface area contributed by atoms with E-state index in [1.807, 2.05) is 24.6 Å². The van der Waals surface area contributed by atoms with Crippen LogP contribution in [-0.2, 0) is 13.0 Å². The lowest BCUT2D eigenvalue weighted by Crippen LogP contribution is -2.22. The molecule has 0 spiro atoms. The topological polar surface area (TPSA) is 28.2 Å². The van der Waals surface area contributed by atoms with Gasteiger partial charge in [-0.05, 0) is 49.0 Å². The molecule has 0 fully saturated rings. The van der Waals surface area contributed by atoms with Crippen LogP contribution in [0.1, 0.15) is 16.0 Å². The summed E-state index contributed by atoms with van der Waals surface area (Å²) >= 11 is 1.82. The third kappa shape index (κ3) is 3.78. The van der Waals surface area contributed by atoms with E-state index in [1.54, 1.807) is 0 Å². The number of rotatable bonds is 6. The van der Waals surface area contributed by atoms with Crippen molar-refractivity contribution in [1.29, 1.82) is 0 Å². The minimum atomic E-state index is 0.868. The number of aryl methyl sites for hydroxylation is 1. The van der Waals surface area contributed by atoms with Gasteiger partial charge < -0.3 is 10.2 Å². The number of anilines is 1. The molecular formula is C15H21N3S. The Labute approximate surface area is 119 Å². The maximum absolute atomic E-state index is 4.59. The van der Waals surface area contributed by atoms with Crippen LogP contribution in [0.2, 0.25) is 0 Å². The van der Waals surface area contributed by atoms with Gasteiger partial charge >= 0.3 is 0 Å². The van der Waals surface area contributed by atoms with Crippen molar-refractivity contribution in [1.82, 2.24) is 10.3 Å². The van der Waals surface area contributed by atoms with Crippen LogP contribution in [-0.4, -0.2) is 25.6 Å². The maximum atomic E-state index is 4.59. The molecule has 0 radical (unpaired) electrons. The van der Waals surface area contributed by atoms with Crippen molar-refractivity contribution in [3.05, 3.63) is 45.8 Å².